The van der Waals surface area contributed by atoms with Gasteiger partial charge >= 0.3 is 6.18 Å². The molecule has 0 aliphatic carbocycles. The summed E-state index contributed by atoms with van der Waals surface area (Å²) in [6.45, 7) is 2.09. The van der Waals surface area contributed by atoms with Crippen molar-refractivity contribution in [1.29, 1.82) is 0 Å². The highest BCUT2D eigenvalue weighted by atomic mass is 35.5. The number of benzene rings is 1. The van der Waals surface area contributed by atoms with Gasteiger partial charge in [-0.15, -0.1) is 10.2 Å². The van der Waals surface area contributed by atoms with Gasteiger partial charge in [-0.2, -0.15) is 13.2 Å². The van der Waals surface area contributed by atoms with Gasteiger partial charge < -0.3 is 4.90 Å². The first-order chi connectivity index (χ1) is 16.2. The summed E-state index contributed by atoms with van der Waals surface area (Å²) in [7, 11) is 0. The molecule has 0 spiro atoms. The molecule has 0 unspecified atom stereocenters. The lowest BCUT2D eigenvalue weighted by molar-refractivity contribution is -0.148. The van der Waals surface area contributed by atoms with Crippen molar-refractivity contribution in [2.75, 3.05) is 24.5 Å². The molecule has 0 atom stereocenters. The van der Waals surface area contributed by atoms with Crippen LogP contribution in [0.4, 0.5) is 23.4 Å². The highest BCUT2D eigenvalue weighted by molar-refractivity contribution is 6.30. The Bertz CT molecular complexity index is 1200. The van der Waals surface area contributed by atoms with Gasteiger partial charge in [-0.1, -0.05) is 11.6 Å². The third-order valence-electron chi connectivity index (χ3n) is 6.33. The van der Waals surface area contributed by atoms with E-state index in [1.165, 1.54) is 11.0 Å². The number of aryl methyl sites for hydroxylation is 1. The Balaban J connectivity index is 1.44. The molecule has 11 heteroatoms. The molecule has 180 valence electrons. The molecule has 1 saturated heterocycles. The van der Waals surface area contributed by atoms with E-state index in [0.29, 0.717) is 54.0 Å². The van der Waals surface area contributed by atoms with Crippen LogP contribution in [0.1, 0.15) is 41.7 Å². The molecule has 2 aromatic heterocycles. The van der Waals surface area contributed by atoms with Gasteiger partial charge in [0.25, 0.3) is 0 Å². The van der Waals surface area contributed by atoms with Crippen LogP contribution in [0.3, 0.4) is 0 Å². The number of halogens is 5. The zero-order valence-electron chi connectivity index (χ0n) is 18.5. The van der Waals surface area contributed by atoms with E-state index in [9.17, 15) is 17.6 Å². The minimum absolute atomic E-state index is 0.0239. The largest absolute Gasteiger partial charge is 0.401 e. The zero-order valence-corrected chi connectivity index (χ0v) is 19.2. The van der Waals surface area contributed by atoms with E-state index in [-0.39, 0.29) is 24.8 Å². The van der Waals surface area contributed by atoms with E-state index in [1.807, 2.05) is 22.5 Å². The van der Waals surface area contributed by atoms with Crippen molar-refractivity contribution < 1.29 is 17.6 Å². The highest BCUT2D eigenvalue weighted by Crippen LogP contribution is 2.35. The number of anilines is 1. The maximum absolute atomic E-state index is 14.3. The molecule has 0 amide bonds. The summed E-state index contributed by atoms with van der Waals surface area (Å²) in [6.07, 6.45) is -2.94. The Morgan fingerprint density at radius 3 is 2.56 bits per heavy atom. The standard InChI is InChI=1S/C23H23ClF4N6/c1-14-2-4-18(25)22(29-14)33-8-6-15(7-9-33)21-31-30-20-12-32(13-23(26,27)28)11-16-10-17(24)3-5-19(16)34(20)21/h2-5,10,15H,6-9,11-13H2,1H3. The lowest BCUT2D eigenvalue weighted by Crippen LogP contribution is -2.35. The lowest BCUT2D eigenvalue weighted by atomic mass is 9.95. The molecule has 0 N–H and O–H groups in total. The number of rotatable bonds is 3. The molecular formula is C23H23ClF4N6. The number of nitrogens with zero attached hydrogens (tertiary/aromatic N) is 6. The fraction of sp³-hybridized carbons (Fsp3) is 0.435. The van der Waals surface area contributed by atoms with E-state index in [4.69, 9.17) is 11.6 Å². The van der Waals surface area contributed by atoms with Gasteiger partial charge in [0, 0.05) is 36.3 Å². The van der Waals surface area contributed by atoms with E-state index < -0.39 is 12.7 Å². The Hall–Kier alpha value is -2.72. The smallest absolute Gasteiger partial charge is 0.354 e. The number of hydrogen-bond donors (Lipinski definition) is 0. The molecule has 3 aromatic rings. The quantitative estimate of drug-likeness (QED) is 0.478. The van der Waals surface area contributed by atoms with Gasteiger partial charge in [-0.05, 0) is 55.7 Å². The molecule has 0 saturated carbocycles. The Kier molecular flexibility index (Phi) is 5.97. The number of fused-ring (bicyclic) bond motifs is 3. The second-order valence-corrected chi connectivity index (χ2v) is 9.30. The van der Waals surface area contributed by atoms with Crippen molar-refractivity contribution >= 4 is 17.4 Å². The minimum atomic E-state index is -4.33. The van der Waals surface area contributed by atoms with Crippen LogP contribution in [0.25, 0.3) is 5.69 Å². The molecule has 4 heterocycles. The molecule has 5 rings (SSSR count). The lowest BCUT2D eigenvalue weighted by Gasteiger charge is -2.32. The normalized spacial score (nSPS) is 17.4. The summed E-state index contributed by atoms with van der Waals surface area (Å²) in [6, 6.07) is 8.31. The molecule has 2 aliphatic rings. The maximum Gasteiger partial charge on any atom is 0.401 e. The van der Waals surface area contributed by atoms with Gasteiger partial charge in [0.2, 0.25) is 0 Å². The van der Waals surface area contributed by atoms with Crippen LogP contribution in [0.5, 0.6) is 0 Å². The van der Waals surface area contributed by atoms with E-state index in [2.05, 4.69) is 15.2 Å². The number of aromatic nitrogens is 4. The maximum atomic E-state index is 14.3. The number of hydrogen-bond acceptors (Lipinski definition) is 5. The third kappa shape index (κ3) is 4.61. The highest BCUT2D eigenvalue weighted by Gasteiger charge is 2.35. The van der Waals surface area contributed by atoms with Gasteiger partial charge in [-0.3, -0.25) is 9.47 Å². The number of pyridine rings is 1. The topological polar surface area (TPSA) is 50.1 Å². The number of alkyl halides is 3. The van der Waals surface area contributed by atoms with Crippen molar-refractivity contribution in [2.24, 2.45) is 0 Å². The first-order valence-electron chi connectivity index (χ1n) is 11.1. The summed E-state index contributed by atoms with van der Waals surface area (Å²) >= 11 is 6.18. The van der Waals surface area contributed by atoms with Crippen molar-refractivity contribution in [3.63, 3.8) is 0 Å². The zero-order chi connectivity index (χ0) is 24.0. The van der Waals surface area contributed by atoms with Crippen molar-refractivity contribution in [2.45, 2.75) is 44.9 Å². The summed E-state index contributed by atoms with van der Waals surface area (Å²) in [5.74, 6) is 1.21. The fourth-order valence-corrected chi connectivity index (χ4v) is 5.01. The molecule has 6 nitrogen and oxygen atoms in total. The first kappa shape index (κ1) is 23.0. The first-order valence-corrected chi connectivity index (χ1v) is 11.5. The fourth-order valence-electron chi connectivity index (χ4n) is 4.82. The van der Waals surface area contributed by atoms with Crippen LogP contribution < -0.4 is 4.90 Å². The second-order valence-electron chi connectivity index (χ2n) is 8.86. The SMILES string of the molecule is Cc1ccc(F)c(N2CCC(c3nnc4n3-c3ccc(Cl)cc3CN(CC(F)(F)F)C4)CC2)n1. The molecule has 1 aromatic carbocycles. The predicted octanol–water partition coefficient (Wildman–Crippen LogP) is 5.03. The van der Waals surface area contributed by atoms with Gasteiger partial charge in [0.1, 0.15) is 5.82 Å². The van der Waals surface area contributed by atoms with Crippen molar-refractivity contribution in [3.8, 4) is 5.69 Å². The molecule has 0 bridgehead atoms. The molecule has 34 heavy (non-hydrogen) atoms. The van der Waals surface area contributed by atoms with Gasteiger partial charge in [0.15, 0.2) is 17.5 Å². The summed E-state index contributed by atoms with van der Waals surface area (Å²) in [4.78, 5) is 7.58. The molecule has 2 aliphatic heterocycles. The monoisotopic (exact) mass is 494 g/mol. The molecular weight excluding hydrogens is 472 g/mol. The minimum Gasteiger partial charge on any atom is -0.354 e. The van der Waals surface area contributed by atoms with E-state index in [0.717, 1.165) is 11.4 Å². The van der Waals surface area contributed by atoms with Crippen LogP contribution in [0, 0.1) is 12.7 Å². The van der Waals surface area contributed by atoms with Crippen LogP contribution >= 0.6 is 11.6 Å². The summed E-state index contributed by atoms with van der Waals surface area (Å²) in [5, 5.41) is 9.15. The average Bonchev–Trinajstić information content (AvgIpc) is 3.11. The predicted molar refractivity (Wildman–Crippen MR) is 120 cm³/mol. The Morgan fingerprint density at radius 1 is 1.06 bits per heavy atom. The Labute approximate surface area is 199 Å². The van der Waals surface area contributed by atoms with Crippen LogP contribution in [0.2, 0.25) is 5.02 Å². The van der Waals surface area contributed by atoms with Crippen LogP contribution in [0.15, 0.2) is 30.3 Å². The van der Waals surface area contributed by atoms with Crippen molar-refractivity contribution in [3.05, 3.63) is 64.1 Å². The van der Waals surface area contributed by atoms with Crippen LogP contribution in [-0.2, 0) is 13.1 Å². The van der Waals surface area contributed by atoms with Gasteiger partial charge in [-0.25, -0.2) is 9.37 Å². The molecule has 0 radical (unpaired) electrons. The number of piperidine rings is 1. The van der Waals surface area contributed by atoms with E-state index in [1.54, 1.807) is 18.2 Å². The molecule has 1 fully saturated rings. The Morgan fingerprint density at radius 2 is 1.82 bits per heavy atom. The van der Waals surface area contributed by atoms with Crippen molar-refractivity contribution in [1.82, 2.24) is 24.6 Å². The third-order valence-corrected chi connectivity index (χ3v) is 6.56. The van der Waals surface area contributed by atoms with Gasteiger partial charge in [0.05, 0.1) is 18.8 Å². The second kappa shape index (κ2) is 8.81. The van der Waals surface area contributed by atoms with Crippen LogP contribution in [-0.4, -0.2) is 50.5 Å². The van der Waals surface area contributed by atoms with E-state index >= 15 is 0 Å². The summed E-state index contributed by atoms with van der Waals surface area (Å²) in [5.41, 5.74) is 2.19. The average molecular weight is 495 g/mol. The summed E-state index contributed by atoms with van der Waals surface area (Å²) < 4.78 is 55.8.